The number of Topliss-reactive ketones (excluding diaryl/α,β-unsaturated/α-hetero) is 2. The monoisotopic (exact) mass is 322 g/mol. The molecule has 122 valence electrons. The summed E-state index contributed by atoms with van der Waals surface area (Å²) in [6.45, 7) is 3.73. The third-order valence-electron chi connectivity index (χ3n) is 4.52. The summed E-state index contributed by atoms with van der Waals surface area (Å²) in [7, 11) is 1.70. The number of carbonyl (C=O) groups is 3. The normalized spacial score (nSPS) is 15.3. The van der Waals surface area contributed by atoms with Crippen LogP contribution in [0.1, 0.15) is 46.5 Å². The molecule has 0 radical (unpaired) electrons. The molecular formula is C19H18N2O3. The van der Waals surface area contributed by atoms with Gasteiger partial charge in [0.1, 0.15) is 0 Å². The molecule has 5 heteroatoms. The summed E-state index contributed by atoms with van der Waals surface area (Å²) in [6.07, 6.45) is 2.84. The second-order valence-corrected chi connectivity index (χ2v) is 6.48. The first-order valence-electron chi connectivity index (χ1n) is 7.71. The summed E-state index contributed by atoms with van der Waals surface area (Å²) in [5, 5.41) is 0. The number of rotatable bonds is 4. The lowest BCUT2D eigenvalue weighted by Crippen LogP contribution is -2.33. The SMILES string of the molecule is CN1C(=O)C(C)(C)c2ccc(C(=O)CC(=O)c3ccncc3)cc21. The van der Waals surface area contributed by atoms with Gasteiger partial charge in [0.15, 0.2) is 11.6 Å². The molecule has 0 unspecified atom stereocenters. The van der Waals surface area contributed by atoms with E-state index in [1.165, 1.54) is 12.4 Å². The van der Waals surface area contributed by atoms with Crippen molar-refractivity contribution in [2.45, 2.75) is 25.7 Å². The Hall–Kier alpha value is -2.82. The van der Waals surface area contributed by atoms with Crippen LogP contribution in [0.15, 0.2) is 42.7 Å². The number of hydrogen-bond acceptors (Lipinski definition) is 4. The van der Waals surface area contributed by atoms with Gasteiger partial charge in [-0.2, -0.15) is 0 Å². The number of anilines is 1. The van der Waals surface area contributed by atoms with Gasteiger partial charge in [0.25, 0.3) is 0 Å². The number of ketones is 2. The van der Waals surface area contributed by atoms with E-state index in [-0.39, 0.29) is 23.9 Å². The largest absolute Gasteiger partial charge is 0.314 e. The number of hydrogen-bond donors (Lipinski definition) is 0. The van der Waals surface area contributed by atoms with Gasteiger partial charge in [-0.3, -0.25) is 19.4 Å². The molecule has 0 bridgehead atoms. The summed E-state index contributed by atoms with van der Waals surface area (Å²) in [5.41, 5.74) is 1.93. The zero-order valence-electron chi connectivity index (χ0n) is 13.9. The van der Waals surface area contributed by atoms with E-state index in [9.17, 15) is 14.4 Å². The fourth-order valence-corrected chi connectivity index (χ4v) is 3.04. The van der Waals surface area contributed by atoms with Crippen molar-refractivity contribution in [3.05, 3.63) is 59.4 Å². The number of fused-ring (bicyclic) bond motifs is 1. The number of likely N-dealkylation sites (N-methyl/N-ethyl adjacent to an activating group) is 1. The number of aromatic nitrogens is 1. The van der Waals surface area contributed by atoms with Crippen molar-refractivity contribution >= 4 is 23.2 Å². The quantitative estimate of drug-likeness (QED) is 0.641. The van der Waals surface area contributed by atoms with Crippen molar-refractivity contribution in [2.24, 2.45) is 0 Å². The molecule has 0 saturated carbocycles. The molecule has 0 aliphatic carbocycles. The van der Waals surface area contributed by atoms with E-state index in [0.29, 0.717) is 11.1 Å². The van der Waals surface area contributed by atoms with Crippen molar-refractivity contribution in [2.75, 3.05) is 11.9 Å². The molecule has 5 nitrogen and oxygen atoms in total. The Morgan fingerprint density at radius 3 is 2.33 bits per heavy atom. The van der Waals surface area contributed by atoms with Crippen LogP contribution in [0.5, 0.6) is 0 Å². The Morgan fingerprint density at radius 1 is 1.04 bits per heavy atom. The van der Waals surface area contributed by atoms with Crippen LogP contribution in [0, 0.1) is 0 Å². The van der Waals surface area contributed by atoms with Crippen molar-refractivity contribution in [1.29, 1.82) is 0 Å². The van der Waals surface area contributed by atoms with E-state index in [1.807, 2.05) is 13.8 Å². The van der Waals surface area contributed by atoms with Gasteiger partial charge < -0.3 is 4.90 Å². The van der Waals surface area contributed by atoms with Crippen LogP contribution in [0.4, 0.5) is 5.69 Å². The minimum Gasteiger partial charge on any atom is -0.314 e. The summed E-state index contributed by atoms with van der Waals surface area (Å²) >= 11 is 0. The number of benzene rings is 1. The number of nitrogens with zero attached hydrogens (tertiary/aromatic N) is 2. The minimum atomic E-state index is -0.599. The van der Waals surface area contributed by atoms with Crippen LogP contribution >= 0.6 is 0 Å². The van der Waals surface area contributed by atoms with Crippen molar-refractivity contribution < 1.29 is 14.4 Å². The molecule has 0 atom stereocenters. The van der Waals surface area contributed by atoms with Crippen molar-refractivity contribution in [3.63, 3.8) is 0 Å². The van der Waals surface area contributed by atoms with Gasteiger partial charge in [0, 0.05) is 36.3 Å². The molecule has 0 spiro atoms. The van der Waals surface area contributed by atoms with E-state index >= 15 is 0 Å². The molecule has 1 aliphatic heterocycles. The highest BCUT2D eigenvalue weighted by molar-refractivity contribution is 6.15. The number of carbonyl (C=O) groups excluding carboxylic acids is 3. The van der Waals surface area contributed by atoms with Crippen LogP contribution in [0.25, 0.3) is 0 Å². The number of amides is 1. The minimum absolute atomic E-state index is 0.00467. The van der Waals surface area contributed by atoms with E-state index in [4.69, 9.17) is 0 Å². The maximum atomic E-state index is 12.4. The van der Waals surface area contributed by atoms with Gasteiger partial charge in [-0.1, -0.05) is 12.1 Å². The molecule has 24 heavy (non-hydrogen) atoms. The molecule has 0 saturated heterocycles. The van der Waals surface area contributed by atoms with Gasteiger partial charge in [-0.15, -0.1) is 0 Å². The van der Waals surface area contributed by atoms with Crippen LogP contribution in [0.2, 0.25) is 0 Å². The average Bonchev–Trinajstić information content (AvgIpc) is 2.76. The van der Waals surface area contributed by atoms with E-state index in [2.05, 4.69) is 4.98 Å². The third-order valence-corrected chi connectivity index (χ3v) is 4.52. The highest BCUT2D eigenvalue weighted by Gasteiger charge is 2.42. The molecule has 1 aromatic heterocycles. The van der Waals surface area contributed by atoms with Gasteiger partial charge >= 0.3 is 0 Å². The Balaban J connectivity index is 1.86. The number of pyridine rings is 1. The standard InChI is InChI=1S/C19H18N2O3/c1-19(2)14-5-4-13(10-15(14)21(3)18(19)24)17(23)11-16(22)12-6-8-20-9-7-12/h4-10H,11H2,1-3H3. The van der Waals surface area contributed by atoms with E-state index in [1.54, 1.807) is 42.3 Å². The lowest BCUT2D eigenvalue weighted by atomic mass is 9.85. The lowest BCUT2D eigenvalue weighted by Gasteiger charge is -2.16. The summed E-state index contributed by atoms with van der Waals surface area (Å²) < 4.78 is 0. The summed E-state index contributed by atoms with van der Waals surface area (Å²) in [4.78, 5) is 42.3. The van der Waals surface area contributed by atoms with Crippen LogP contribution in [-0.4, -0.2) is 29.5 Å². The first-order valence-corrected chi connectivity index (χ1v) is 7.71. The molecule has 2 aromatic rings. The molecule has 1 aliphatic rings. The first-order chi connectivity index (χ1) is 11.3. The average molecular weight is 322 g/mol. The van der Waals surface area contributed by atoms with E-state index in [0.717, 1.165) is 11.3 Å². The summed E-state index contributed by atoms with van der Waals surface area (Å²) in [5.74, 6) is -0.507. The third kappa shape index (κ3) is 2.52. The zero-order valence-corrected chi connectivity index (χ0v) is 13.9. The smallest absolute Gasteiger partial charge is 0.236 e. The fraction of sp³-hybridized carbons (Fsp3) is 0.263. The molecule has 1 aromatic carbocycles. The predicted octanol–water partition coefficient (Wildman–Crippen LogP) is 2.79. The van der Waals surface area contributed by atoms with Gasteiger partial charge in [0.05, 0.1) is 11.8 Å². The molecule has 3 rings (SSSR count). The van der Waals surface area contributed by atoms with Gasteiger partial charge in [-0.25, -0.2) is 0 Å². The second-order valence-electron chi connectivity index (χ2n) is 6.48. The highest BCUT2D eigenvalue weighted by atomic mass is 16.2. The Morgan fingerprint density at radius 2 is 1.67 bits per heavy atom. The Labute approximate surface area is 140 Å². The maximum absolute atomic E-state index is 12.4. The van der Waals surface area contributed by atoms with Gasteiger partial charge in [0.2, 0.25) is 5.91 Å². The van der Waals surface area contributed by atoms with Crippen LogP contribution in [0.3, 0.4) is 0 Å². The van der Waals surface area contributed by atoms with Crippen LogP contribution < -0.4 is 4.90 Å². The molecule has 2 heterocycles. The Kier molecular flexibility index (Phi) is 3.79. The maximum Gasteiger partial charge on any atom is 0.236 e. The van der Waals surface area contributed by atoms with E-state index < -0.39 is 5.41 Å². The molecule has 1 amide bonds. The zero-order chi connectivity index (χ0) is 17.5. The first kappa shape index (κ1) is 16.1. The fourth-order valence-electron chi connectivity index (χ4n) is 3.04. The summed E-state index contributed by atoms with van der Waals surface area (Å²) in [6, 6.07) is 8.38. The molecule has 0 N–H and O–H groups in total. The Bertz CT molecular complexity index is 841. The second kappa shape index (κ2) is 5.67. The lowest BCUT2D eigenvalue weighted by molar-refractivity contribution is -0.121. The van der Waals surface area contributed by atoms with Gasteiger partial charge in [-0.05, 0) is 37.6 Å². The van der Waals surface area contributed by atoms with Crippen molar-refractivity contribution in [1.82, 2.24) is 4.98 Å². The molecule has 0 fully saturated rings. The van der Waals surface area contributed by atoms with Crippen LogP contribution in [-0.2, 0) is 10.2 Å². The topological polar surface area (TPSA) is 67.3 Å². The highest BCUT2D eigenvalue weighted by Crippen LogP contribution is 2.41. The predicted molar refractivity (Wildman–Crippen MR) is 90.4 cm³/mol. The van der Waals surface area contributed by atoms with Crippen molar-refractivity contribution in [3.8, 4) is 0 Å². The molecular weight excluding hydrogens is 304 g/mol.